The van der Waals surface area contributed by atoms with Crippen LogP contribution < -0.4 is 5.32 Å². The summed E-state index contributed by atoms with van der Waals surface area (Å²) in [5.74, 6) is -1.21. The molecular weight excluding hydrogens is 372 g/mol. The van der Waals surface area contributed by atoms with E-state index in [2.05, 4.69) is 5.32 Å². The van der Waals surface area contributed by atoms with Crippen molar-refractivity contribution in [3.8, 4) is 11.1 Å². The Bertz CT molecular complexity index is 1060. The number of para-hydroxylation sites is 1. The zero-order chi connectivity index (χ0) is 20.8. The van der Waals surface area contributed by atoms with Gasteiger partial charge in [0.05, 0.1) is 10.5 Å². The zero-order valence-electron chi connectivity index (χ0n) is 15.6. The van der Waals surface area contributed by atoms with E-state index in [4.69, 9.17) is 4.74 Å². The molecule has 0 aliphatic carbocycles. The van der Waals surface area contributed by atoms with Crippen molar-refractivity contribution in [1.29, 1.82) is 0 Å². The fourth-order valence-electron chi connectivity index (χ4n) is 2.85. The van der Waals surface area contributed by atoms with Crippen LogP contribution in [0.3, 0.4) is 0 Å². The van der Waals surface area contributed by atoms with Gasteiger partial charge in [-0.25, -0.2) is 4.79 Å². The van der Waals surface area contributed by atoms with Gasteiger partial charge in [-0.3, -0.25) is 14.9 Å². The number of carbonyl (C=O) groups excluding carboxylic acids is 2. The number of nitrogens with one attached hydrogen (secondary N) is 1. The van der Waals surface area contributed by atoms with Crippen molar-refractivity contribution in [3.63, 3.8) is 0 Å². The molecule has 7 nitrogen and oxygen atoms in total. The molecule has 0 heterocycles. The summed E-state index contributed by atoms with van der Waals surface area (Å²) in [6, 6.07) is 20.8. The molecule has 7 heteroatoms. The zero-order valence-corrected chi connectivity index (χ0v) is 15.6. The molecule has 3 rings (SSSR count). The summed E-state index contributed by atoms with van der Waals surface area (Å²) < 4.78 is 5.04. The molecule has 0 spiro atoms. The predicted octanol–water partition coefficient (Wildman–Crippen LogP) is 4.37. The average molecular weight is 390 g/mol. The van der Waals surface area contributed by atoms with Crippen molar-refractivity contribution in [2.45, 2.75) is 6.92 Å². The summed E-state index contributed by atoms with van der Waals surface area (Å²) in [4.78, 5) is 34.7. The lowest BCUT2D eigenvalue weighted by Gasteiger charge is -2.11. The Hall–Kier alpha value is -4.00. The fourth-order valence-corrected chi connectivity index (χ4v) is 2.85. The number of amides is 1. The van der Waals surface area contributed by atoms with E-state index >= 15 is 0 Å². The molecule has 3 aromatic rings. The molecule has 3 aromatic carbocycles. The van der Waals surface area contributed by atoms with Crippen molar-refractivity contribution in [2.24, 2.45) is 0 Å². The Kier molecular flexibility index (Phi) is 5.99. The van der Waals surface area contributed by atoms with Gasteiger partial charge >= 0.3 is 5.97 Å². The lowest BCUT2D eigenvalue weighted by molar-refractivity contribution is -0.385. The van der Waals surface area contributed by atoms with Gasteiger partial charge in [0.1, 0.15) is 0 Å². The van der Waals surface area contributed by atoms with Gasteiger partial charge in [0, 0.05) is 22.9 Å². The Morgan fingerprint density at radius 3 is 2.38 bits per heavy atom. The number of nitrogens with zero attached hydrogens (tertiary/aromatic N) is 1. The Labute approximate surface area is 167 Å². The number of nitro benzene ring substituents is 1. The Morgan fingerprint density at radius 1 is 1.00 bits per heavy atom. The number of anilines is 1. The van der Waals surface area contributed by atoms with Crippen LogP contribution in [0.4, 0.5) is 11.4 Å². The van der Waals surface area contributed by atoms with Gasteiger partial charge in [-0.1, -0.05) is 48.5 Å². The molecule has 0 aliphatic heterocycles. The SMILES string of the molecule is Cc1cc(C(=O)OCC(=O)Nc2ccccc2-c2ccccc2)ccc1[N+](=O)[O-]. The standard InChI is InChI=1S/C22H18N2O5/c1-15-13-17(11-12-20(15)24(27)28)22(26)29-14-21(25)23-19-10-6-5-9-18(19)16-7-3-2-4-8-16/h2-13H,14H2,1H3,(H,23,25). The summed E-state index contributed by atoms with van der Waals surface area (Å²) in [7, 11) is 0. The quantitative estimate of drug-likeness (QED) is 0.383. The number of ether oxygens (including phenoxy) is 1. The number of esters is 1. The van der Waals surface area contributed by atoms with Crippen LogP contribution in [0.15, 0.2) is 72.8 Å². The van der Waals surface area contributed by atoms with E-state index in [1.807, 2.05) is 42.5 Å². The molecule has 1 N–H and O–H groups in total. The summed E-state index contributed by atoms with van der Waals surface area (Å²) in [6.07, 6.45) is 0. The number of rotatable bonds is 6. The number of nitro groups is 1. The molecule has 0 saturated carbocycles. The molecule has 0 aromatic heterocycles. The molecule has 0 saturated heterocycles. The van der Waals surface area contributed by atoms with Crippen LogP contribution in [0.5, 0.6) is 0 Å². The lowest BCUT2D eigenvalue weighted by Crippen LogP contribution is -2.21. The molecule has 1 amide bonds. The van der Waals surface area contributed by atoms with Crippen LogP contribution in [0.1, 0.15) is 15.9 Å². The molecule has 0 atom stereocenters. The summed E-state index contributed by atoms with van der Waals surface area (Å²) in [5.41, 5.74) is 2.79. The average Bonchev–Trinajstić information content (AvgIpc) is 2.72. The molecule has 0 bridgehead atoms. The third-order valence-corrected chi connectivity index (χ3v) is 4.25. The van der Waals surface area contributed by atoms with Crippen LogP contribution >= 0.6 is 0 Å². The lowest BCUT2D eigenvalue weighted by atomic mass is 10.0. The molecule has 29 heavy (non-hydrogen) atoms. The molecule has 146 valence electrons. The minimum absolute atomic E-state index is 0.0863. The monoisotopic (exact) mass is 390 g/mol. The number of aryl methyl sites for hydroxylation is 1. The molecule has 0 aliphatic rings. The first kappa shape index (κ1) is 19.8. The van der Waals surface area contributed by atoms with Crippen LogP contribution in [-0.4, -0.2) is 23.4 Å². The summed E-state index contributed by atoms with van der Waals surface area (Å²) in [6.45, 7) is 1.06. The van der Waals surface area contributed by atoms with Gasteiger partial charge in [-0.2, -0.15) is 0 Å². The van der Waals surface area contributed by atoms with Gasteiger partial charge in [0.15, 0.2) is 6.61 Å². The first-order valence-electron chi connectivity index (χ1n) is 8.82. The van der Waals surface area contributed by atoms with Crippen molar-refractivity contribution >= 4 is 23.3 Å². The summed E-state index contributed by atoms with van der Waals surface area (Å²) >= 11 is 0. The number of carbonyl (C=O) groups is 2. The van der Waals surface area contributed by atoms with E-state index in [1.165, 1.54) is 25.1 Å². The van der Waals surface area contributed by atoms with Crippen molar-refractivity contribution in [1.82, 2.24) is 0 Å². The highest BCUT2D eigenvalue weighted by atomic mass is 16.6. The van der Waals surface area contributed by atoms with Crippen LogP contribution in [0.2, 0.25) is 0 Å². The van der Waals surface area contributed by atoms with Crippen LogP contribution in [-0.2, 0) is 9.53 Å². The second-order valence-electron chi connectivity index (χ2n) is 6.29. The minimum atomic E-state index is -0.727. The largest absolute Gasteiger partial charge is 0.452 e. The second-order valence-corrected chi connectivity index (χ2v) is 6.29. The van der Waals surface area contributed by atoms with Gasteiger partial charge < -0.3 is 10.1 Å². The van der Waals surface area contributed by atoms with Crippen molar-refractivity contribution in [3.05, 3.63) is 94.0 Å². The highest BCUT2D eigenvalue weighted by molar-refractivity contribution is 5.98. The van der Waals surface area contributed by atoms with E-state index in [-0.39, 0.29) is 11.3 Å². The second kappa shape index (κ2) is 8.79. The minimum Gasteiger partial charge on any atom is -0.452 e. The van der Waals surface area contributed by atoms with Gasteiger partial charge in [-0.05, 0) is 30.7 Å². The maximum absolute atomic E-state index is 12.3. The van der Waals surface area contributed by atoms with E-state index in [0.29, 0.717) is 11.3 Å². The first-order valence-corrected chi connectivity index (χ1v) is 8.82. The fraction of sp³-hybridized carbons (Fsp3) is 0.0909. The van der Waals surface area contributed by atoms with Gasteiger partial charge in [0.2, 0.25) is 0 Å². The topological polar surface area (TPSA) is 98.5 Å². The third kappa shape index (κ3) is 4.84. The first-order chi connectivity index (χ1) is 14.0. The van der Waals surface area contributed by atoms with Gasteiger partial charge in [0.25, 0.3) is 11.6 Å². The highest BCUT2D eigenvalue weighted by Crippen LogP contribution is 2.27. The number of hydrogen-bond acceptors (Lipinski definition) is 5. The Morgan fingerprint density at radius 2 is 1.69 bits per heavy atom. The Balaban J connectivity index is 1.65. The van der Waals surface area contributed by atoms with E-state index in [9.17, 15) is 19.7 Å². The van der Waals surface area contributed by atoms with Crippen molar-refractivity contribution in [2.75, 3.05) is 11.9 Å². The van der Waals surface area contributed by atoms with Gasteiger partial charge in [-0.15, -0.1) is 0 Å². The van der Waals surface area contributed by atoms with Crippen LogP contribution in [0.25, 0.3) is 11.1 Å². The van der Waals surface area contributed by atoms with Crippen molar-refractivity contribution < 1.29 is 19.2 Å². The number of benzene rings is 3. The van der Waals surface area contributed by atoms with E-state index in [0.717, 1.165) is 11.1 Å². The van der Waals surface area contributed by atoms with E-state index in [1.54, 1.807) is 12.1 Å². The highest BCUT2D eigenvalue weighted by Gasteiger charge is 2.16. The maximum atomic E-state index is 12.3. The smallest absolute Gasteiger partial charge is 0.338 e. The third-order valence-electron chi connectivity index (χ3n) is 4.25. The maximum Gasteiger partial charge on any atom is 0.338 e. The molecule has 0 fully saturated rings. The van der Waals surface area contributed by atoms with Crippen LogP contribution in [0, 0.1) is 17.0 Å². The normalized spacial score (nSPS) is 10.2. The molecular formula is C22H18N2O5. The molecule has 0 radical (unpaired) electrons. The number of hydrogen-bond donors (Lipinski definition) is 1. The molecule has 0 unspecified atom stereocenters. The predicted molar refractivity (Wildman–Crippen MR) is 109 cm³/mol. The van der Waals surface area contributed by atoms with E-state index < -0.39 is 23.4 Å². The summed E-state index contributed by atoms with van der Waals surface area (Å²) in [5, 5.41) is 13.6.